The monoisotopic (exact) mass is 439 g/mol. The molecule has 0 aliphatic carbocycles. The lowest BCUT2D eigenvalue weighted by Gasteiger charge is -2.13. The summed E-state index contributed by atoms with van der Waals surface area (Å²) in [5.74, 6) is 1.00. The summed E-state index contributed by atoms with van der Waals surface area (Å²) < 4.78 is 12.0. The van der Waals surface area contributed by atoms with E-state index in [9.17, 15) is 4.79 Å². The maximum Gasteiger partial charge on any atom is 0.263 e. The molecule has 1 aliphatic rings. The quantitative estimate of drug-likeness (QED) is 0.478. The van der Waals surface area contributed by atoms with E-state index in [0.717, 1.165) is 11.1 Å². The van der Waals surface area contributed by atoms with E-state index >= 15 is 0 Å². The largest absolute Gasteiger partial charge is 0.490 e. The lowest BCUT2D eigenvalue weighted by molar-refractivity contribution is -0.115. The van der Waals surface area contributed by atoms with E-state index in [1.54, 1.807) is 18.2 Å². The van der Waals surface area contributed by atoms with Gasteiger partial charge in [0.25, 0.3) is 5.91 Å². The van der Waals surface area contributed by atoms with Crippen LogP contribution in [0.3, 0.4) is 0 Å². The predicted octanol–water partition coefficient (Wildman–Crippen LogP) is 5.46. The Morgan fingerprint density at radius 1 is 1.11 bits per heavy atom. The van der Waals surface area contributed by atoms with E-state index in [2.05, 4.69) is 5.32 Å². The third-order valence-corrected chi connectivity index (χ3v) is 5.49. The van der Waals surface area contributed by atoms with Crippen LogP contribution in [-0.4, -0.2) is 16.8 Å². The van der Waals surface area contributed by atoms with Gasteiger partial charge in [-0.15, -0.1) is 0 Å². The van der Waals surface area contributed by atoms with Gasteiger partial charge in [0, 0.05) is 0 Å². The van der Waals surface area contributed by atoms with E-state index in [4.69, 9.17) is 44.9 Å². The minimum atomic E-state index is -0.192. The summed E-state index contributed by atoms with van der Waals surface area (Å²) in [5.41, 5.74) is 1.72. The highest BCUT2D eigenvalue weighted by molar-refractivity contribution is 8.26. The molecule has 27 heavy (non-hydrogen) atoms. The number of amides is 1. The molecule has 0 spiro atoms. The third kappa shape index (κ3) is 5.17. The molecule has 0 saturated carbocycles. The number of rotatable bonds is 6. The molecule has 2 aromatic carbocycles. The van der Waals surface area contributed by atoms with Crippen molar-refractivity contribution in [1.29, 1.82) is 0 Å². The van der Waals surface area contributed by atoms with Gasteiger partial charge in [-0.3, -0.25) is 4.79 Å². The van der Waals surface area contributed by atoms with Crippen molar-refractivity contribution in [2.24, 2.45) is 0 Å². The zero-order valence-corrected chi connectivity index (χ0v) is 17.4. The van der Waals surface area contributed by atoms with Gasteiger partial charge >= 0.3 is 0 Å². The number of benzene rings is 2. The normalized spacial score (nSPS) is 15.1. The zero-order valence-electron chi connectivity index (χ0n) is 14.3. The number of nitrogens with one attached hydrogen (secondary N) is 1. The summed E-state index contributed by atoms with van der Waals surface area (Å²) in [5, 5.41) is 3.58. The molecule has 1 N–H and O–H groups in total. The van der Waals surface area contributed by atoms with Crippen LogP contribution in [0, 0.1) is 0 Å². The Morgan fingerprint density at radius 2 is 1.93 bits per heavy atom. The fraction of sp³-hybridized carbons (Fsp3) is 0.158. The smallest absolute Gasteiger partial charge is 0.263 e. The van der Waals surface area contributed by atoms with Crippen LogP contribution < -0.4 is 14.8 Å². The van der Waals surface area contributed by atoms with Crippen molar-refractivity contribution in [2.45, 2.75) is 13.5 Å². The second-order valence-electron chi connectivity index (χ2n) is 5.53. The van der Waals surface area contributed by atoms with Crippen LogP contribution in [-0.2, 0) is 11.4 Å². The molecule has 1 heterocycles. The fourth-order valence-corrected chi connectivity index (χ4v) is 3.73. The van der Waals surface area contributed by atoms with Crippen molar-refractivity contribution in [3.05, 3.63) is 62.5 Å². The highest BCUT2D eigenvalue weighted by Crippen LogP contribution is 2.32. The summed E-state index contributed by atoms with van der Waals surface area (Å²) in [6.45, 7) is 2.71. The molecule has 140 valence electrons. The summed E-state index contributed by atoms with van der Waals surface area (Å²) in [7, 11) is 0. The van der Waals surface area contributed by atoms with E-state index in [-0.39, 0.29) is 5.91 Å². The van der Waals surface area contributed by atoms with Crippen molar-refractivity contribution < 1.29 is 14.3 Å². The van der Waals surface area contributed by atoms with Crippen LogP contribution in [0.5, 0.6) is 11.5 Å². The third-order valence-electron chi connectivity index (χ3n) is 3.59. The van der Waals surface area contributed by atoms with Gasteiger partial charge < -0.3 is 14.8 Å². The van der Waals surface area contributed by atoms with E-state index in [1.165, 1.54) is 11.8 Å². The molecule has 1 fully saturated rings. The second-order valence-corrected chi connectivity index (χ2v) is 8.06. The van der Waals surface area contributed by atoms with Gasteiger partial charge in [-0.1, -0.05) is 59.3 Å². The van der Waals surface area contributed by atoms with Crippen LogP contribution >= 0.6 is 47.2 Å². The van der Waals surface area contributed by atoms with Gasteiger partial charge in [-0.2, -0.15) is 0 Å². The first-order valence-electron chi connectivity index (χ1n) is 8.04. The lowest BCUT2D eigenvalue weighted by atomic mass is 10.2. The number of thioether (sulfide) groups is 1. The average Bonchev–Trinajstić information content (AvgIpc) is 2.94. The molecule has 4 nitrogen and oxygen atoms in total. The highest BCUT2D eigenvalue weighted by atomic mass is 35.5. The molecule has 0 atom stereocenters. The predicted molar refractivity (Wildman–Crippen MR) is 115 cm³/mol. The molecular weight excluding hydrogens is 425 g/mol. The highest BCUT2D eigenvalue weighted by Gasteiger charge is 2.22. The van der Waals surface area contributed by atoms with Crippen molar-refractivity contribution in [3.63, 3.8) is 0 Å². The molecule has 0 radical (unpaired) electrons. The molecule has 0 unspecified atom stereocenters. The Bertz CT molecular complexity index is 931. The van der Waals surface area contributed by atoms with Crippen molar-refractivity contribution in [3.8, 4) is 11.5 Å². The second kappa shape index (κ2) is 8.97. The first-order chi connectivity index (χ1) is 13.0. The molecule has 0 aromatic heterocycles. The molecular formula is C19H15Cl2NO3S2. The summed E-state index contributed by atoms with van der Waals surface area (Å²) in [4.78, 5) is 12.4. The van der Waals surface area contributed by atoms with Crippen LogP contribution in [0.15, 0.2) is 41.3 Å². The van der Waals surface area contributed by atoms with E-state index < -0.39 is 0 Å². The number of hydrogen-bond acceptors (Lipinski definition) is 5. The van der Waals surface area contributed by atoms with Crippen molar-refractivity contribution in [1.82, 2.24) is 5.32 Å². The number of carbonyl (C=O) groups is 1. The SMILES string of the molecule is CCOc1cc(/C=C2/SC(=S)NC2=O)ccc1OCc1ccc(Cl)c(Cl)c1. The molecule has 1 saturated heterocycles. The number of ether oxygens (including phenoxy) is 2. The Kier molecular flexibility index (Phi) is 6.65. The number of halogens is 2. The minimum absolute atomic E-state index is 0.192. The number of carbonyl (C=O) groups excluding carboxylic acids is 1. The van der Waals surface area contributed by atoms with E-state index in [1.807, 2.05) is 31.2 Å². The fourth-order valence-electron chi connectivity index (χ4n) is 2.36. The first-order valence-corrected chi connectivity index (χ1v) is 10.0. The summed E-state index contributed by atoms with van der Waals surface area (Å²) in [6, 6.07) is 10.8. The van der Waals surface area contributed by atoms with Crippen LogP contribution in [0.25, 0.3) is 6.08 Å². The Balaban J connectivity index is 1.79. The van der Waals surface area contributed by atoms with Crippen molar-refractivity contribution >= 4 is 63.5 Å². The average molecular weight is 440 g/mol. The number of thiocarbonyl (C=S) groups is 1. The van der Waals surface area contributed by atoms with Gasteiger partial charge in [0.15, 0.2) is 11.5 Å². The molecule has 0 bridgehead atoms. The van der Waals surface area contributed by atoms with Gasteiger partial charge in [-0.25, -0.2) is 0 Å². The van der Waals surface area contributed by atoms with Gasteiger partial charge in [0.1, 0.15) is 10.9 Å². The maximum atomic E-state index is 11.8. The molecule has 8 heteroatoms. The Morgan fingerprint density at radius 3 is 2.59 bits per heavy atom. The summed E-state index contributed by atoms with van der Waals surface area (Å²) >= 11 is 18.2. The standard InChI is InChI=1S/C19H15Cl2NO3S2/c1-2-24-16-8-11(9-17-18(23)22-19(26)27-17)4-6-15(16)25-10-12-3-5-13(20)14(21)7-12/h3-9H,2,10H2,1H3,(H,22,23,26)/b17-9+. The molecule has 1 amide bonds. The lowest BCUT2D eigenvalue weighted by Crippen LogP contribution is -2.17. The topological polar surface area (TPSA) is 47.6 Å². The minimum Gasteiger partial charge on any atom is -0.490 e. The maximum absolute atomic E-state index is 11.8. The molecule has 3 rings (SSSR count). The van der Waals surface area contributed by atoms with Gasteiger partial charge in [0.05, 0.1) is 21.6 Å². The molecule has 1 aliphatic heterocycles. The van der Waals surface area contributed by atoms with Crippen LogP contribution in [0.2, 0.25) is 10.0 Å². The van der Waals surface area contributed by atoms with Crippen LogP contribution in [0.4, 0.5) is 0 Å². The van der Waals surface area contributed by atoms with Crippen LogP contribution in [0.1, 0.15) is 18.1 Å². The van der Waals surface area contributed by atoms with Gasteiger partial charge in [-0.05, 0) is 48.4 Å². The molecule has 2 aromatic rings. The summed E-state index contributed by atoms with van der Waals surface area (Å²) in [6.07, 6.45) is 1.77. The number of hydrogen-bond donors (Lipinski definition) is 1. The zero-order chi connectivity index (χ0) is 19.4. The van der Waals surface area contributed by atoms with Gasteiger partial charge in [0.2, 0.25) is 0 Å². The Labute approximate surface area is 176 Å². The van der Waals surface area contributed by atoms with E-state index in [0.29, 0.717) is 44.0 Å². The van der Waals surface area contributed by atoms with Crippen molar-refractivity contribution in [2.75, 3.05) is 6.61 Å². The first kappa shape index (κ1) is 20.0. The Hall–Kier alpha value is -1.73.